The van der Waals surface area contributed by atoms with Gasteiger partial charge in [-0.15, -0.1) is 0 Å². The Morgan fingerprint density at radius 2 is 1.68 bits per heavy atom. The second kappa shape index (κ2) is 3.73. The zero-order valence-corrected chi connectivity index (χ0v) is 11.6. The molecule has 4 rings (SSSR count). The van der Waals surface area contributed by atoms with Crippen LogP contribution >= 0.6 is 0 Å². The van der Waals surface area contributed by atoms with E-state index in [0.29, 0.717) is 34.6 Å². The summed E-state index contributed by atoms with van der Waals surface area (Å²) in [5.74, 6) is 1.91. The number of benzene rings is 1. The Bertz CT molecular complexity index is 594. The van der Waals surface area contributed by atoms with Gasteiger partial charge < -0.3 is 4.74 Å². The van der Waals surface area contributed by atoms with Crippen molar-refractivity contribution in [2.45, 2.75) is 36.2 Å². The molecule has 102 valence electrons. The predicted molar refractivity (Wildman–Crippen MR) is 70.4 cm³/mol. The third kappa shape index (κ3) is 1.51. The number of piperidine rings is 1. The maximum atomic E-state index is 12.6. The van der Waals surface area contributed by atoms with Crippen LogP contribution in [0.25, 0.3) is 0 Å². The van der Waals surface area contributed by atoms with Crippen molar-refractivity contribution in [3.63, 3.8) is 0 Å². The predicted octanol–water partition coefficient (Wildman–Crippen LogP) is 1.87. The lowest BCUT2D eigenvalue weighted by molar-refractivity contribution is 0.414. The first-order valence-electron chi connectivity index (χ1n) is 6.80. The van der Waals surface area contributed by atoms with Gasteiger partial charge in [0.2, 0.25) is 10.0 Å². The summed E-state index contributed by atoms with van der Waals surface area (Å²) >= 11 is 0. The highest BCUT2D eigenvalue weighted by Crippen LogP contribution is 2.60. The third-order valence-electron chi connectivity index (χ3n) is 4.96. The standard InChI is InChI=1S/C14H17NO3S/c1-18-11-4-6-12(7-5-11)19(16,17)15-13-9-2-3-10(8-9)14(13)15/h4-7,9-10,13-14H,2-3,8H2,1H3/t9-,10+,13+,14-,15?. The van der Waals surface area contributed by atoms with E-state index in [1.54, 1.807) is 35.7 Å². The van der Waals surface area contributed by atoms with Crippen molar-refractivity contribution < 1.29 is 13.2 Å². The summed E-state index contributed by atoms with van der Waals surface area (Å²) in [7, 11) is -1.72. The Labute approximate surface area is 113 Å². The van der Waals surface area contributed by atoms with Crippen molar-refractivity contribution in [2.24, 2.45) is 11.8 Å². The summed E-state index contributed by atoms with van der Waals surface area (Å²) in [6.45, 7) is 0. The summed E-state index contributed by atoms with van der Waals surface area (Å²) in [6, 6.07) is 7.30. The largest absolute Gasteiger partial charge is 0.497 e. The summed E-state index contributed by atoms with van der Waals surface area (Å²) < 4.78 is 32.0. The van der Waals surface area contributed by atoms with Crippen LogP contribution in [0.4, 0.5) is 0 Å². The summed E-state index contributed by atoms with van der Waals surface area (Å²) in [5, 5.41) is 0. The van der Waals surface area contributed by atoms with Gasteiger partial charge in [-0.05, 0) is 55.4 Å². The van der Waals surface area contributed by atoms with E-state index in [-0.39, 0.29) is 0 Å². The normalized spacial score (nSPS) is 39.1. The highest BCUT2D eigenvalue weighted by molar-refractivity contribution is 7.89. The lowest BCUT2D eigenvalue weighted by atomic mass is 10.0. The fraction of sp³-hybridized carbons (Fsp3) is 0.571. The lowest BCUT2D eigenvalue weighted by Crippen LogP contribution is -2.21. The summed E-state index contributed by atoms with van der Waals surface area (Å²) in [6.07, 6.45) is 3.66. The van der Waals surface area contributed by atoms with Gasteiger partial charge in [-0.3, -0.25) is 0 Å². The highest BCUT2D eigenvalue weighted by atomic mass is 32.2. The number of fused-ring (bicyclic) bond motifs is 5. The van der Waals surface area contributed by atoms with Crippen LogP contribution in [-0.4, -0.2) is 31.9 Å². The van der Waals surface area contributed by atoms with E-state index in [1.807, 2.05) is 0 Å². The molecule has 0 N–H and O–H groups in total. The average Bonchev–Trinajstić information content (AvgIpc) is 2.91. The molecule has 1 aromatic carbocycles. The van der Waals surface area contributed by atoms with Crippen LogP contribution in [0.15, 0.2) is 29.2 Å². The zero-order chi connectivity index (χ0) is 13.2. The Hall–Kier alpha value is -1.07. The first kappa shape index (κ1) is 11.7. The van der Waals surface area contributed by atoms with E-state index in [1.165, 1.54) is 19.3 Å². The summed E-state index contributed by atoms with van der Waals surface area (Å²) in [5.41, 5.74) is 0. The molecule has 1 saturated heterocycles. The Morgan fingerprint density at radius 3 is 2.21 bits per heavy atom. The molecule has 1 heterocycles. The van der Waals surface area contributed by atoms with Crippen molar-refractivity contribution in [1.82, 2.24) is 4.31 Å². The molecule has 2 bridgehead atoms. The van der Waals surface area contributed by atoms with Crippen molar-refractivity contribution >= 4 is 10.0 Å². The van der Waals surface area contributed by atoms with Gasteiger partial charge in [0, 0.05) is 12.1 Å². The average molecular weight is 279 g/mol. The molecular weight excluding hydrogens is 262 g/mol. The number of nitrogens with zero attached hydrogens (tertiary/aromatic N) is 1. The quantitative estimate of drug-likeness (QED) is 0.794. The van der Waals surface area contributed by atoms with Gasteiger partial charge in [0.25, 0.3) is 0 Å². The van der Waals surface area contributed by atoms with Gasteiger partial charge in [0.15, 0.2) is 0 Å². The Morgan fingerprint density at radius 1 is 1.11 bits per heavy atom. The molecule has 3 aliphatic rings. The minimum absolute atomic E-state index is 0.297. The Balaban J connectivity index is 1.64. The summed E-state index contributed by atoms with van der Waals surface area (Å²) in [4.78, 5) is 0.391. The SMILES string of the molecule is COc1ccc(S(=O)(=O)N2[C@@H]3[C@H]4CC[C@H](C4)[C@@H]32)cc1. The van der Waals surface area contributed by atoms with E-state index in [9.17, 15) is 8.42 Å². The number of sulfonamides is 1. The molecule has 0 aromatic heterocycles. The molecule has 0 radical (unpaired) electrons. The van der Waals surface area contributed by atoms with Gasteiger partial charge in [-0.2, -0.15) is 4.31 Å². The van der Waals surface area contributed by atoms with E-state index >= 15 is 0 Å². The number of hydrogen-bond acceptors (Lipinski definition) is 3. The first-order chi connectivity index (χ1) is 9.13. The minimum atomic E-state index is -3.30. The van der Waals surface area contributed by atoms with E-state index in [0.717, 1.165) is 0 Å². The lowest BCUT2D eigenvalue weighted by Gasteiger charge is -2.13. The third-order valence-corrected chi connectivity index (χ3v) is 6.87. The van der Waals surface area contributed by atoms with Crippen LogP contribution in [0.2, 0.25) is 0 Å². The van der Waals surface area contributed by atoms with Crippen molar-refractivity contribution in [3.05, 3.63) is 24.3 Å². The molecule has 1 unspecified atom stereocenters. The molecule has 1 aliphatic heterocycles. The van der Waals surface area contributed by atoms with E-state index in [2.05, 4.69) is 0 Å². The van der Waals surface area contributed by atoms with Crippen molar-refractivity contribution in [2.75, 3.05) is 7.11 Å². The molecule has 5 heteroatoms. The van der Waals surface area contributed by atoms with Crippen LogP contribution in [-0.2, 0) is 10.0 Å². The van der Waals surface area contributed by atoms with E-state index in [4.69, 9.17) is 4.74 Å². The molecule has 2 aliphatic carbocycles. The molecule has 3 fully saturated rings. The molecule has 1 aromatic rings. The van der Waals surface area contributed by atoms with Gasteiger partial charge in [-0.1, -0.05) is 0 Å². The number of hydrogen-bond donors (Lipinski definition) is 0. The van der Waals surface area contributed by atoms with Crippen LogP contribution in [0.5, 0.6) is 5.75 Å². The zero-order valence-electron chi connectivity index (χ0n) is 10.8. The second-order valence-corrected chi connectivity index (χ2v) is 7.67. The highest BCUT2D eigenvalue weighted by Gasteiger charge is 2.68. The molecule has 0 spiro atoms. The minimum Gasteiger partial charge on any atom is -0.497 e. The van der Waals surface area contributed by atoms with Crippen molar-refractivity contribution in [1.29, 1.82) is 0 Å². The molecule has 2 saturated carbocycles. The Kier molecular flexibility index (Phi) is 2.30. The second-order valence-electron chi connectivity index (χ2n) is 5.82. The maximum absolute atomic E-state index is 12.6. The molecule has 5 atom stereocenters. The molecule has 0 amide bonds. The van der Waals surface area contributed by atoms with Gasteiger partial charge in [-0.25, -0.2) is 8.42 Å². The van der Waals surface area contributed by atoms with Gasteiger partial charge in [0.1, 0.15) is 5.75 Å². The molecule has 19 heavy (non-hydrogen) atoms. The fourth-order valence-electron chi connectivity index (χ4n) is 4.08. The molecule has 4 nitrogen and oxygen atoms in total. The number of methoxy groups -OCH3 is 1. The van der Waals surface area contributed by atoms with Crippen LogP contribution in [0.1, 0.15) is 19.3 Å². The topological polar surface area (TPSA) is 46.4 Å². The van der Waals surface area contributed by atoms with Crippen molar-refractivity contribution in [3.8, 4) is 5.75 Å². The van der Waals surface area contributed by atoms with Gasteiger partial charge in [0.05, 0.1) is 12.0 Å². The monoisotopic (exact) mass is 279 g/mol. The first-order valence-corrected chi connectivity index (χ1v) is 8.24. The van der Waals surface area contributed by atoms with E-state index < -0.39 is 10.0 Å². The maximum Gasteiger partial charge on any atom is 0.243 e. The van der Waals surface area contributed by atoms with Crippen LogP contribution < -0.4 is 4.74 Å². The number of ether oxygens (including phenoxy) is 1. The smallest absolute Gasteiger partial charge is 0.243 e. The number of rotatable bonds is 3. The van der Waals surface area contributed by atoms with Gasteiger partial charge >= 0.3 is 0 Å². The van der Waals surface area contributed by atoms with Crippen LogP contribution in [0, 0.1) is 11.8 Å². The van der Waals surface area contributed by atoms with Crippen LogP contribution in [0.3, 0.4) is 0 Å². The molecular formula is C14H17NO3S. The fourth-order valence-corrected chi connectivity index (χ4v) is 5.99.